The number of H-pyrrole nitrogens is 1. The predicted molar refractivity (Wildman–Crippen MR) is 107 cm³/mol. The average molecular weight is 394 g/mol. The summed E-state index contributed by atoms with van der Waals surface area (Å²) in [6.07, 6.45) is 4.35. The summed E-state index contributed by atoms with van der Waals surface area (Å²) >= 11 is 0. The molecular formula is C21H23FN6O. The fourth-order valence-corrected chi connectivity index (χ4v) is 3.67. The molecule has 1 aliphatic heterocycles. The highest BCUT2D eigenvalue weighted by atomic mass is 19.1. The van der Waals surface area contributed by atoms with Gasteiger partial charge in [0.1, 0.15) is 5.82 Å². The van der Waals surface area contributed by atoms with Gasteiger partial charge in [0.15, 0.2) is 5.82 Å². The number of carbonyl (C=O) groups is 1. The molecule has 0 aliphatic carbocycles. The van der Waals surface area contributed by atoms with Crippen LogP contribution in [0.25, 0.3) is 0 Å². The van der Waals surface area contributed by atoms with Crippen LogP contribution in [0.2, 0.25) is 0 Å². The highest BCUT2D eigenvalue weighted by Crippen LogP contribution is 2.37. The van der Waals surface area contributed by atoms with Gasteiger partial charge in [0, 0.05) is 37.9 Å². The average Bonchev–Trinajstić information content (AvgIpc) is 3.20. The summed E-state index contributed by atoms with van der Waals surface area (Å²) < 4.78 is 14.3. The van der Waals surface area contributed by atoms with E-state index in [1.807, 2.05) is 24.0 Å². The minimum atomic E-state index is -0.706. The van der Waals surface area contributed by atoms with Crippen LogP contribution in [0.15, 0.2) is 48.9 Å². The van der Waals surface area contributed by atoms with E-state index in [1.165, 1.54) is 6.07 Å². The van der Waals surface area contributed by atoms with Crippen LogP contribution in [-0.4, -0.2) is 45.7 Å². The molecule has 4 rings (SSSR count). The van der Waals surface area contributed by atoms with Crippen molar-refractivity contribution in [3.8, 4) is 0 Å². The fraction of sp³-hybridized carbons (Fsp3) is 0.333. The van der Waals surface area contributed by atoms with Gasteiger partial charge in [-0.3, -0.25) is 4.79 Å². The van der Waals surface area contributed by atoms with Crippen LogP contribution in [0, 0.1) is 18.2 Å². The van der Waals surface area contributed by atoms with Gasteiger partial charge in [0.2, 0.25) is 5.91 Å². The Morgan fingerprint density at radius 1 is 1.24 bits per heavy atom. The van der Waals surface area contributed by atoms with Crippen LogP contribution < -0.4 is 10.2 Å². The standard InChI is InChI=1S/C21H23FN6O/c1-15-6-7-19(27-26-15)28-12-21(13-28,10-16-4-2-3-5-18(16)22)20(29)24-9-8-17-11-23-14-25-17/h2-7,11,14H,8-10,12-13H2,1H3,(H,23,25)(H,24,29). The Morgan fingerprint density at radius 2 is 2.07 bits per heavy atom. The summed E-state index contributed by atoms with van der Waals surface area (Å²) in [6, 6.07) is 10.4. The number of aromatic amines is 1. The number of nitrogens with one attached hydrogen (secondary N) is 2. The van der Waals surface area contributed by atoms with Gasteiger partial charge in [0.25, 0.3) is 0 Å². The first-order valence-corrected chi connectivity index (χ1v) is 9.60. The van der Waals surface area contributed by atoms with Crippen molar-refractivity contribution < 1.29 is 9.18 Å². The maximum absolute atomic E-state index is 14.3. The van der Waals surface area contributed by atoms with Crippen LogP contribution in [0.1, 0.15) is 17.0 Å². The van der Waals surface area contributed by atoms with Gasteiger partial charge in [-0.15, -0.1) is 5.10 Å². The lowest BCUT2D eigenvalue weighted by Gasteiger charge is -2.49. The molecule has 0 saturated carbocycles. The van der Waals surface area contributed by atoms with E-state index < -0.39 is 5.41 Å². The van der Waals surface area contributed by atoms with Crippen LogP contribution in [0.4, 0.5) is 10.2 Å². The first kappa shape index (κ1) is 19.0. The Labute approximate surface area is 168 Å². The zero-order valence-corrected chi connectivity index (χ0v) is 16.2. The molecule has 7 nitrogen and oxygen atoms in total. The Balaban J connectivity index is 1.47. The monoisotopic (exact) mass is 394 g/mol. The van der Waals surface area contributed by atoms with Crippen molar-refractivity contribution in [2.24, 2.45) is 5.41 Å². The number of anilines is 1. The van der Waals surface area contributed by atoms with Crippen molar-refractivity contribution in [1.29, 1.82) is 0 Å². The Kier molecular flexibility index (Phi) is 5.24. The normalized spacial score (nSPS) is 15.0. The van der Waals surface area contributed by atoms with Gasteiger partial charge in [-0.2, -0.15) is 5.10 Å². The first-order valence-electron chi connectivity index (χ1n) is 9.60. The van der Waals surface area contributed by atoms with Crippen molar-refractivity contribution in [3.05, 3.63) is 71.7 Å². The van der Waals surface area contributed by atoms with Gasteiger partial charge < -0.3 is 15.2 Å². The number of aromatic nitrogens is 4. The number of benzene rings is 1. The van der Waals surface area contributed by atoms with Gasteiger partial charge in [-0.25, -0.2) is 9.37 Å². The van der Waals surface area contributed by atoms with E-state index >= 15 is 0 Å². The van der Waals surface area contributed by atoms with Gasteiger partial charge in [-0.1, -0.05) is 18.2 Å². The quantitative estimate of drug-likeness (QED) is 0.641. The van der Waals surface area contributed by atoms with E-state index in [9.17, 15) is 9.18 Å². The second-order valence-electron chi connectivity index (χ2n) is 7.52. The summed E-state index contributed by atoms with van der Waals surface area (Å²) in [5.74, 6) is 0.368. The molecule has 0 radical (unpaired) electrons. The van der Waals surface area contributed by atoms with E-state index in [2.05, 4.69) is 25.5 Å². The largest absolute Gasteiger partial charge is 0.355 e. The van der Waals surface area contributed by atoms with E-state index in [-0.39, 0.29) is 11.7 Å². The second-order valence-corrected chi connectivity index (χ2v) is 7.52. The third-order valence-corrected chi connectivity index (χ3v) is 5.30. The molecule has 1 fully saturated rings. The highest BCUT2D eigenvalue weighted by Gasteiger charge is 2.50. The maximum Gasteiger partial charge on any atom is 0.230 e. The summed E-state index contributed by atoms with van der Waals surface area (Å²) in [5.41, 5.74) is 1.64. The first-order chi connectivity index (χ1) is 14.1. The molecular weight excluding hydrogens is 371 g/mol. The summed E-state index contributed by atoms with van der Waals surface area (Å²) in [7, 11) is 0. The number of aryl methyl sites for hydroxylation is 1. The molecule has 1 saturated heterocycles. The Bertz CT molecular complexity index is 967. The van der Waals surface area contributed by atoms with Crippen LogP contribution in [0.5, 0.6) is 0 Å². The molecule has 0 bridgehead atoms. The third-order valence-electron chi connectivity index (χ3n) is 5.30. The molecule has 2 aromatic heterocycles. The molecule has 2 N–H and O–H groups in total. The van der Waals surface area contributed by atoms with Gasteiger partial charge in [-0.05, 0) is 37.1 Å². The Morgan fingerprint density at radius 3 is 2.76 bits per heavy atom. The molecule has 1 amide bonds. The van der Waals surface area contributed by atoms with Gasteiger partial charge >= 0.3 is 0 Å². The van der Waals surface area contributed by atoms with Crippen LogP contribution >= 0.6 is 0 Å². The molecule has 8 heteroatoms. The van der Waals surface area contributed by atoms with Crippen LogP contribution in [0.3, 0.4) is 0 Å². The Hall–Kier alpha value is -3.29. The van der Waals surface area contributed by atoms with Gasteiger partial charge in [0.05, 0.1) is 17.4 Å². The highest BCUT2D eigenvalue weighted by molar-refractivity contribution is 5.86. The molecule has 3 aromatic rings. The van der Waals surface area contributed by atoms with Crippen LogP contribution in [-0.2, 0) is 17.6 Å². The molecule has 1 aliphatic rings. The molecule has 0 atom stereocenters. The maximum atomic E-state index is 14.3. The lowest BCUT2D eigenvalue weighted by Crippen LogP contribution is -2.65. The smallest absolute Gasteiger partial charge is 0.230 e. The van der Waals surface area contributed by atoms with E-state index in [4.69, 9.17) is 0 Å². The third kappa shape index (κ3) is 4.11. The molecule has 0 spiro atoms. The van der Waals surface area contributed by atoms with Crippen molar-refractivity contribution in [1.82, 2.24) is 25.5 Å². The lowest BCUT2D eigenvalue weighted by atomic mass is 9.73. The number of hydrogen-bond acceptors (Lipinski definition) is 5. The number of imidazole rings is 1. The van der Waals surface area contributed by atoms with Crippen molar-refractivity contribution in [2.45, 2.75) is 19.8 Å². The molecule has 3 heterocycles. The van der Waals surface area contributed by atoms with E-state index in [0.717, 1.165) is 17.2 Å². The molecule has 1 aromatic carbocycles. The van der Waals surface area contributed by atoms with Crippen molar-refractivity contribution in [3.63, 3.8) is 0 Å². The van der Waals surface area contributed by atoms with E-state index in [1.54, 1.807) is 30.7 Å². The van der Waals surface area contributed by atoms with E-state index in [0.29, 0.717) is 38.0 Å². The molecule has 150 valence electrons. The number of amides is 1. The molecule has 29 heavy (non-hydrogen) atoms. The van der Waals surface area contributed by atoms with Crippen molar-refractivity contribution in [2.75, 3.05) is 24.5 Å². The minimum Gasteiger partial charge on any atom is -0.355 e. The SMILES string of the molecule is Cc1ccc(N2CC(Cc3ccccc3F)(C(=O)NCCc3cnc[nH]3)C2)nn1. The molecule has 0 unspecified atom stereocenters. The topological polar surface area (TPSA) is 86.8 Å². The zero-order chi connectivity index (χ0) is 20.3. The fourth-order valence-electron chi connectivity index (χ4n) is 3.67. The minimum absolute atomic E-state index is 0.0726. The summed E-state index contributed by atoms with van der Waals surface area (Å²) in [6.45, 7) is 3.30. The number of nitrogens with zero attached hydrogens (tertiary/aromatic N) is 4. The zero-order valence-electron chi connectivity index (χ0n) is 16.2. The summed E-state index contributed by atoms with van der Waals surface area (Å²) in [5, 5.41) is 11.3. The number of hydrogen-bond donors (Lipinski definition) is 2. The number of rotatable bonds is 7. The lowest BCUT2D eigenvalue weighted by molar-refractivity contribution is -0.132. The van der Waals surface area contributed by atoms with Crippen molar-refractivity contribution >= 4 is 11.7 Å². The number of carbonyl (C=O) groups excluding carboxylic acids is 1. The second kappa shape index (κ2) is 7.98. The predicted octanol–water partition coefficient (Wildman–Crippen LogP) is 2.06. The number of halogens is 1. The summed E-state index contributed by atoms with van der Waals surface area (Å²) in [4.78, 5) is 22.1.